The lowest BCUT2D eigenvalue weighted by molar-refractivity contribution is 0.106. The third-order valence-electron chi connectivity index (χ3n) is 1.82. The van der Waals surface area contributed by atoms with Gasteiger partial charge in [0.15, 0.2) is 8.25 Å². The van der Waals surface area contributed by atoms with Gasteiger partial charge in [-0.25, -0.2) is 4.84 Å². The molecule has 80 valence electrons. The average Bonchev–Trinajstić information content (AvgIpc) is 2.67. The lowest BCUT2D eigenvalue weighted by Crippen LogP contribution is -2.28. The second kappa shape index (κ2) is 4.53. The maximum atomic E-state index is 5.58. The minimum Gasteiger partial charge on any atom is -0.239 e. The van der Waals surface area contributed by atoms with Crippen LogP contribution in [0.5, 0.6) is 0 Å². The van der Waals surface area contributed by atoms with Crippen molar-refractivity contribution in [1.82, 2.24) is 0 Å². The fourth-order valence-corrected chi connectivity index (χ4v) is 1.72. The van der Waals surface area contributed by atoms with E-state index in [2.05, 4.69) is 52.9 Å². The quantitative estimate of drug-likeness (QED) is 0.675. The molecule has 3 nitrogen and oxygen atoms in total. The van der Waals surface area contributed by atoms with Gasteiger partial charge >= 0.3 is 0 Å². The highest BCUT2D eigenvalue weighted by atomic mass is 80.0. The summed E-state index contributed by atoms with van der Waals surface area (Å²) >= 11 is 10.2. The van der Waals surface area contributed by atoms with Crippen LogP contribution in [0.4, 0.5) is 5.69 Å². The predicted molar refractivity (Wildman–Crippen MR) is 71.8 cm³/mol. The van der Waals surface area contributed by atoms with E-state index in [4.69, 9.17) is 4.84 Å². The van der Waals surface area contributed by atoms with E-state index in [0.717, 1.165) is 5.69 Å². The van der Waals surface area contributed by atoms with Gasteiger partial charge in [0.05, 0.1) is 11.9 Å². The predicted octanol–water partition coefficient (Wildman–Crippen LogP) is 3.63. The Bertz CT molecular complexity index is 363. The van der Waals surface area contributed by atoms with Crippen molar-refractivity contribution in [3.8, 4) is 0 Å². The molecule has 1 heterocycles. The Balaban J connectivity index is 2.10. The molecule has 0 spiro atoms. The van der Waals surface area contributed by atoms with Gasteiger partial charge in [0.25, 0.3) is 0 Å². The summed E-state index contributed by atoms with van der Waals surface area (Å²) in [5.74, 6) is 0. The van der Waals surface area contributed by atoms with Crippen LogP contribution in [0.2, 0.25) is 0 Å². The number of para-hydroxylation sites is 1. The lowest BCUT2D eigenvalue weighted by Gasteiger charge is -2.20. The maximum Gasteiger partial charge on any atom is 0.168 e. The second-order valence-corrected chi connectivity index (χ2v) is 9.89. The average molecular weight is 399 g/mol. The van der Waals surface area contributed by atoms with Crippen LogP contribution in [-0.2, 0) is 4.84 Å². The lowest BCUT2D eigenvalue weighted by atomic mass is 10.3. The van der Waals surface area contributed by atoms with E-state index in [9.17, 15) is 0 Å². The van der Waals surface area contributed by atoms with Gasteiger partial charge in [-0.1, -0.05) is 66.0 Å². The van der Waals surface area contributed by atoms with Crippen molar-refractivity contribution in [2.45, 2.75) is 8.25 Å². The second-order valence-electron chi connectivity index (χ2n) is 2.94. The molecule has 6 heteroatoms. The molecule has 0 radical (unpaired) electrons. The number of hydrazone groups is 1. The molecule has 0 saturated carbocycles. The van der Waals surface area contributed by atoms with Crippen molar-refractivity contribution in [2.24, 2.45) is 5.10 Å². The number of nitrogens with zero attached hydrogens (tertiary/aromatic N) is 2. The first-order valence-corrected chi connectivity index (χ1v) is 6.58. The smallest absolute Gasteiger partial charge is 0.168 e. The molecule has 1 atom stereocenters. The summed E-state index contributed by atoms with van der Waals surface area (Å²) in [6, 6.07) is 9.68. The van der Waals surface area contributed by atoms with Crippen LogP contribution in [0.3, 0.4) is 0 Å². The number of halogens is 3. The number of hydrogen-bond acceptors (Lipinski definition) is 3. The summed E-state index contributed by atoms with van der Waals surface area (Å²) < 4.78 is -0.486. The summed E-state index contributed by atoms with van der Waals surface area (Å²) in [7, 11) is 0. The van der Waals surface area contributed by atoms with Crippen molar-refractivity contribution in [1.29, 1.82) is 0 Å². The molecule has 0 fully saturated rings. The molecular formula is C9H7Br3N2O. The third kappa shape index (κ3) is 2.81. The van der Waals surface area contributed by atoms with E-state index in [0.29, 0.717) is 0 Å². The summed E-state index contributed by atoms with van der Waals surface area (Å²) in [5, 5.41) is 5.64. The molecule has 0 bridgehead atoms. The fourth-order valence-electron chi connectivity index (χ4n) is 1.11. The van der Waals surface area contributed by atoms with E-state index in [1.165, 1.54) is 5.17 Å². The van der Waals surface area contributed by atoms with Gasteiger partial charge in [0.2, 0.25) is 0 Å². The first-order chi connectivity index (χ1) is 7.07. The van der Waals surface area contributed by atoms with Gasteiger partial charge in [-0.15, -0.1) is 5.17 Å². The van der Waals surface area contributed by atoms with E-state index in [-0.39, 0.29) is 6.10 Å². The van der Waals surface area contributed by atoms with Gasteiger partial charge < -0.3 is 0 Å². The van der Waals surface area contributed by atoms with Crippen LogP contribution < -0.4 is 5.17 Å². The topological polar surface area (TPSA) is 24.8 Å². The fraction of sp³-hybridized carbons (Fsp3) is 0.222. The van der Waals surface area contributed by atoms with Crippen LogP contribution in [-0.4, -0.2) is 14.5 Å². The number of benzene rings is 1. The summed E-state index contributed by atoms with van der Waals surface area (Å²) in [5.41, 5.74) is 0.896. The monoisotopic (exact) mass is 396 g/mol. The molecule has 0 N–H and O–H groups in total. The Labute approximate surface area is 113 Å². The minimum atomic E-state index is -0.486. The van der Waals surface area contributed by atoms with Gasteiger partial charge in [0.1, 0.15) is 0 Å². The van der Waals surface area contributed by atoms with Crippen molar-refractivity contribution in [3.05, 3.63) is 30.3 Å². The third-order valence-corrected chi connectivity index (χ3v) is 3.17. The van der Waals surface area contributed by atoms with Crippen LogP contribution in [0.15, 0.2) is 35.4 Å². The minimum absolute atomic E-state index is 0.210. The largest absolute Gasteiger partial charge is 0.239 e. The Hall–Kier alpha value is 0.0900. The Kier molecular flexibility index (Phi) is 3.49. The van der Waals surface area contributed by atoms with Crippen LogP contribution in [0.25, 0.3) is 0 Å². The Morgan fingerprint density at radius 1 is 1.20 bits per heavy atom. The zero-order chi connectivity index (χ0) is 10.9. The maximum absolute atomic E-state index is 5.58. The van der Waals surface area contributed by atoms with Gasteiger partial charge in [-0.3, -0.25) is 0 Å². The van der Waals surface area contributed by atoms with E-state index < -0.39 is 2.14 Å². The standard InChI is InChI=1S/C9H7Br3N2O/c10-9(11,12)8-6-13-14(15-8)7-4-2-1-3-5-7/h1-6,8H. The molecule has 1 aromatic rings. The molecule has 15 heavy (non-hydrogen) atoms. The number of alkyl halides is 3. The SMILES string of the molecule is BrC(Br)(Br)C1C=NN(c2ccccc2)O1. The van der Waals surface area contributed by atoms with E-state index >= 15 is 0 Å². The van der Waals surface area contributed by atoms with Crippen LogP contribution >= 0.6 is 47.8 Å². The number of rotatable bonds is 1. The van der Waals surface area contributed by atoms with E-state index in [1.807, 2.05) is 30.3 Å². The molecule has 1 aliphatic rings. The molecule has 0 aliphatic carbocycles. The first-order valence-electron chi connectivity index (χ1n) is 4.20. The normalized spacial score (nSPS) is 21.0. The van der Waals surface area contributed by atoms with Crippen molar-refractivity contribution in [2.75, 3.05) is 5.17 Å². The highest BCUT2D eigenvalue weighted by Gasteiger charge is 2.36. The van der Waals surface area contributed by atoms with Crippen molar-refractivity contribution < 1.29 is 4.84 Å². The van der Waals surface area contributed by atoms with Crippen molar-refractivity contribution in [3.63, 3.8) is 0 Å². The molecule has 2 rings (SSSR count). The van der Waals surface area contributed by atoms with Gasteiger partial charge in [-0.05, 0) is 12.1 Å². The summed E-state index contributed by atoms with van der Waals surface area (Å²) in [4.78, 5) is 5.58. The van der Waals surface area contributed by atoms with Gasteiger partial charge in [-0.2, -0.15) is 5.10 Å². The molecule has 0 aromatic heterocycles. The molecule has 0 amide bonds. The molecule has 1 aromatic carbocycles. The zero-order valence-corrected chi connectivity index (χ0v) is 12.2. The molecular weight excluding hydrogens is 392 g/mol. The molecule has 0 saturated heterocycles. The Morgan fingerprint density at radius 2 is 1.87 bits per heavy atom. The highest BCUT2D eigenvalue weighted by molar-refractivity contribution is 9.39. The number of hydrogen-bond donors (Lipinski definition) is 0. The number of anilines is 1. The van der Waals surface area contributed by atoms with Gasteiger partial charge in [0, 0.05) is 0 Å². The molecule has 1 aliphatic heterocycles. The van der Waals surface area contributed by atoms with E-state index in [1.54, 1.807) is 6.21 Å². The molecule has 1 unspecified atom stereocenters. The highest BCUT2D eigenvalue weighted by Crippen LogP contribution is 2.40. The zero-order valence-electron chi connectivity index (χ0n) is 7.48. The first kappa shape index (κ1) is 11.6. The van der Waals surface area contributed by atoms with Crippen LogP contribution in [0, 0.1) is 0 Å². The Morgan fingerprint density at radius 3 is 2.40 bits per heavy atom. The summed E-state index contributed by atoms with van der Waals surface area (Å²) in [6.07, 6.45) is 1.50. The summed E-state index contributed by atoms with van der Waals surface area (Å²) in [6.45, 7) is 0. The van der Waals surface area contributed by atoms with Crippen molar-refractivity contribution >= 4 is 59.7 Å². The van der Waals surface area contributed by atoms with Crippen LogP contribution in [0.1, 0.15) is 0 Å².